The average Bonchev–Trinajstić information content (AvgIpc) is 2.48. The first-order valence-corrected chi connectivity index (χ1v) is 9.08. The minimum atomic E-state index is -3.38. The molecule has 1 aliphatic heterocycles. The van der Waals surface area contributed by atoms with Crippen molar-refractivity contribution >= 4 is 10.0 Å². The number of hydrogen-bond donors (Lipinski definition) is 1. The average molecular weight is 314 g/mol. The highest BCUT2D eigenvalue weighted by atomic mass is 32.2. The van der Waals surface area contributed by atoms with Gasteiger partial charge < -0.3 is 5.32 Å². The van der Waals surface area contributed by atoms with Crippen LogP contribution in [-0.4, -0.2) is 38.4 Å². The molecule has 0 amide bonds. The molecule has 21 heavy (non-hydrogen) atoms. The molecule has 1 aromatic rings. The number of piperidine rings is 1. The molecule has 1 saturated heterocycles. The zero-order chi connectivity index (χ0) is 15.3. The number of rotatable bonds is 6. The van der Waals surface area contributed by atoms with E-state index in [0.29, 0.717) is 18.7 Å². The summed E-state index contributed by atoms with van der Waals surface area (Å²) >= 11 is 0. The molecule has 1 fully saturated rings. The van der Waals surface area contributed by atoms with Gasteiger partial charge in [-0.15, -0.1) is 0 Å². The van der Waals surface area contributed by atoms with E-state index in [1.54, 1.807) is 4.31 Å². The molecule has 2 rings (SSSR count). The number of nitrogens with zero attached hydrogens (tertiary/aromatic N) is 1. The van der Waals surface area contributed by atoms with E-state index in [1.165, 1.54) is 24.3 Å². The zero-order valence-corrected chi connectivity index (χ0v) is 13.2. The van der Waals surface area contributed by atoms with Crippen molar-refractivity contribution in [2.75, 3.05) is 19.6 Å². The first-order chi connectivity index (χ1) is 10.0. The maximum Gasteiger partial charge on any atom is 0.218 e. The van der Waals surface area contributed by atoms with E-state index in [9.17, 15) is 12.8 Å². The van der Waals surface area contributed by atoms with Crippen LogP contribution in [0, 0.1) is 5.82 Å². The summed E-state index contributed by atoms with van der Waals surface area (Å²) in [5, 5.41) is 3.26. The molecule has 0 spiro atoms. The SMILES string of the molecule is CCCN(C1CCCNC1)S(=O)(=O)Cc1ccc(F)cc1. The van der Waals surface area contributed by atoms with Crippen LogP contribution in [0.15, 0.2) is 24.3 Å². The van der Waals surface area contributed by atoms with E-state index in [0.717, 1.165) is 25.8 Å². The van der Waals surface area contributed by atoms with Crippen molar-refractivity contribution in [1.29, 1.82) is 0 Å². The molecule has 1 aromatic carbocycles. The Bertz CT molecular complexity index is 539. The fraction of sp³-hybridized carbons (Fsp3) is 0.600. The normalized spacial score (nSPS) is 19.9. The van der Waals surface area contributed by atoms with E-state index in [-0.39, 0.29) is 17.6 Å². The third-order valence-corrected chi connectivity index (χ3v) is 5.64. The molecule has 4 nitrogen and oxygen atoms in total. The van der Waals surface area contributed by atoms with Gasteiger partial charge in [-0.05, 0) is 43.5 Å². The second kappa shape index (κ2) is 7.33. The van der Waals surface area contributed by atoms with Gasteiger partial charge >= 0.3 is 0 Å². The fourth-order valence-corrected chi connectivity index (χ4v) is 4.60. The number of benzene rings is 1. The van der Waals surface area contributed by atoms with Gasteiger partial charge in [0, 0.05) is 19.1 Å². The molecule has 1 aliphatic rings. The third kappa shape index (κ3) is 4.49. The first kappa shape index (κ1) is 16.4. The van der Waals surface area contributed by atoms with Crippen LogP contribution < -0.4 is 5.32 Å². The van der Waals surface area contributed by atoms with Gasteiger partial charge in [-0.1, -0.05) is 19.1 Å². The molecule has 118 valence electrons. The molecule has 0 radical (unpaired) electrons. The predicted octanol–water partition coefficient (Wildman–Crippen LogP) is 2.12. The lowest BCUT2D eigenvalue weighted by Gasteiger charge is -2.33. The Hall–Kier alpha value is -0.980. The summed E-state index contributed by atoms with van der Waals surface area (Å²) in [5.74, 6) is -0.415. The maximum absolute atomic E-state index is 12.9. The molecule has 1 atom stereocenters. The lowest BCUT2D eigenvalue weighted by Crippen LogP contribution is -2.49. The fourth-order valence-electron chi connectivity index (χ4n) is 2.72. The molecule has 1 unspecified atom stereocenters. The summed E-state index contributed by atoms with van der Waals surface area (Å²) in [6.07, 6.45) is 2.69. The molecule has 1 heterocycles. The minimum absolute atomic E-state index is 0.0316. The van der Waals surface area contributed by atoms with Gasteiger partial charge in [-0.25, -0.2) is 12.8 Å². The molecule has 0 saturated carbocycles. The van der Waals surface area contributed by atoms with Crippen molar-refractivity contribution in [1.82, 2.24) is 9.62 Å². The van der Waals surface area contributed by atoms with E-state index < -0.39 is 10.0 Å². The topological polar surface area (TPSA) is 49.4 Å². The van der Waals surface area contributed by atoms with Crippen LogP contribution in [0.3, 0.4) is 0 Å². The number of nitrogens with one attached hydrogen (secondary N) is 1. The summed E-state index contributed by atoms with van der Waals surface area (Å²) in [7, 11) is -3.38. The highest BCUT2D eigenvalue weighted by Gasteiger charge is 2.30. The lowest BCUT2D eigenvalue weighted by molar-refractivity contribution is 0.265. The Kier molecular flexibility index (Phi) is 5.72. The standard InChI is InChI=1S/C15H23FN2O2S/c1-2-10-18(15-4-3-9-17-11-15)21(19,20)12-13-5-7-14(16)8-6-13/h5-8,15,17H,2-4,9-12H2,1H3. The Balaban J connectivity index is 2.14. The molecule has 0 aromatic heterocycles. The van der Waals surface area contributed by atoms with Gasteiger partial charge in [-0.2, -0.15) is 4.31 Å². The van der Waals surface area contributed by atoms with Gasteiger partial charge in [0.2, 0.25) is 10.0 Å². The summed E-state index contributed by atoms with van der Waals surface area (Å²) in [6.45, 7) is 4.18. The Labute approximate surface area is 126 Å². The summed E-state index contributed by atoms with van der Waals surface area (Å²) in [4.78, 5) is 0. The van der Waals surface area contributed by atoms with Crippen LogP contribution in [0.25, 0.3) is 0 Å². The smallest absolute Gasteiger partial charge is 0.218 e. The van der Waals surface area contributed by atoms with E-state index >= 15 is 0 Å². The molecule has 0 aliphatic carbocycles. The van der Waals surface area contributed by atoms with Crippen molar-refractivity contribution in [3.63, 3.8) is 0 Å². The van der Waals surface area contributed by atoms with E-state index in [1.807, 2.05) is 6.92 Å². The quantitative estimate of drug-likeness (QED) is 0.875. The maximum atomic E-state index is 12.9. The molecular weight excluding hydrogens is 291 g/mol. The molecule has 1 N–H and O–H groups in total. The van der Waals surface area contributed by atoms with Gasteiger partial charge in [0.15, 0.2) is 0 Å². The Morgan fingerprint density at radius 1 is 1.33 bits per heavy atom. The van der Waals surface area contributed by atoms with Crippen molar-refractivity contribution in [3.8, 4) is 0 Å². The monoisotopic (exact) mass is 314 g/mol. The van der Waals surface area contributed by atoms with Crippen molar-refractivity contribution in [2.24, 2.45) is 0 Å². The second-order valence-corrected chi connectivity index (χ2v) is 7.42. The van der Waals surface area contributed by atoms with Crippen LogP contribution >= 0.6 is 0 Å². The van der Waals surface area contributed by atoms with Crippen molar-refractivity contribution < 1.29 is 12.8 Å². The summed E-state index contributed by atoms with van der Waals surface area (Å²) in [6, 6.07) is 5.71. The van der Waals surface area contributed by atoms with Crippen LogP contribution in [-0.2, 0) is 15.8 Å². The van der Waals surface area contributed by atoms with Gasteiger partial charge in [0.05, 0.1) is 5.75 Å². The molecular formula is C15H23FN2O2S. The third-order valence-electron chi connectivity index (χ3n) is 3.74. The van der Waals surface area contributed by atoms with E-state index in [2.05, 4.69) is 5.32 Å². The first-order valence-electron chi connectivity index (χ1n) is 7.47. The minimum Gasteiger partial charge on any atom is -0.315 e. The van der Waals surface area contributed by atoms with Crippen molar-refractivity contribution in [2.45, 2.75) is 38.0 Å². The number of halogens is 1. The summed E-state index contributed by atoms with van der Waals surface area (Å²) < 4.78 is 39.9. The molecule has 0 bridgehead atoms. The number of sulfonamides is 1. The Morgan fingerprint density at radius 3 is 2.62 bits per heavy atom. The highest BCUT2D eigenvalue weighted by molar-refractivity contribution is 7.88. The summed E-state index contributed by atoms with van der Waals surface area (Å²) in [5.41, 5.74) is 0.626. The number of hydrogen-bond acceptors (Lipinski definition) is 3. The predicted molar refractivity (Wildman–Crippen MR) is 81.9 cm³/mol. The van der Waals surface area contributed by atoms with Crippen LogP contribution in [0.1, 0.15) is 31.7 Å². The Morgan fingerprint density at radius 2 is 2.05 bits per heavy atom. The van der Waals surface area contributed by atoms with Crippen LogP contribution in [0.2, 0.25) is 0 Å². The van der Waals surface area contributed by atoms with Crippen LogP contribution in [0.4, 0.5) is 4.39 Å². The van der Waals surface area contributed by atoms with Gasteiger partial charge in [0.25, 0.3) is 0 Å². The van der Waals surface area contributed by atoms with Crippen molar-refractivity contribution in [3.05, 3.63) is 35.6 Å². The van der Waals surface area contributed by atoms with Gasteiger partial charge in [0.1, 0.15) is 5.82 Å². The van der Waals surface area contributed by atoms with E-state index in [4.69, 9.17) is 0 Å². The van der Waals surface area contributed by atoms with Crippen LogP contribution in [0.5, 0.6) is 0 Å². The molecule has 6 heteroatoms. The van der Waals surface area contributed by atoms with Gasteiger partial charge in [-0.3, -0.25) is 0 Å². The zero-order valence-electron chi connectivity index (χ0n) is 12.4. The highest BCUT2D eigenvalue weighted by Crippen LogP contribution is 2.19. The largest absolute Gasteiger partial charge is 0.315 e. The second-order valence-electron chi connectivity index (χ2n) is 5.49. The lowest BCUT2D eigenvalue weighted by atomic mass is 10.1.